The summed E-state index contributed by atoms with van der Waals surface area (Å²) in [5, 5.41) is 14.2. The highest BCUT2D eigenvalue weighted by Gasteiger charge is 2.21. The van der Waals surface area contributed by atoms with Gasteiger partial charge in [0.25, 0.3) is 12.3 Å². The molecule has 148 valence electrons. The average Bonchev–Trinajstić information content (AvgIpc) is 3.14. The zero-order valence-electron chi connectivity index (χ0n) is 15.4. The van der Waals surface area contributed by atoms with Gasteiger partial charge in [-0.25, -0.2) is 13.3 Å². The number of hydrogen-bond acceptors (Lipinski definition) is 5. The number of amides is 1. The Bertz CT molecular complexity index is 989. The van der Waals surface area contributed by atoms with E-state index < -0.39 is 18.0 Å². The molecule has 4 heterocycles. The van der Waals surface area contributed by atoms with Gasteiger partial charge in [0.2, 0.25) is 0 Å². The fraction of sp³-hybridized carbons (Fsp3) is 0.389. The maximum atomic E-state index is 13.1. The maximum absolute atomic E-state index is 13.1. The third-order valence-corrected chi connectivity index (χ3v) is 4.70. The molecule has 0 saturated carbocycles. The number of nitrogens with one attached hydrogen (secondary N) is 2. The molecule has 0 spiro atoms. The van der Waals surface area contributed by atoms with Crippen LogP contribution in [0.5, 0.6) is 0 Å². The van der Waals surface area contributed by atoms with E-state index in [2.05, 4.69) is 25.7 Å². The fourth-order valence-corrected chi connectivity index (χ4v) is 3.34. The molecule has 0 atom stereocenters. The molecule has 4 rings (SSSR count). The van der Waals surface area contributed by atoms with Crippen LogP contribution in [-0.2, 0) is 7.05 Å². The Labute approximate surface area is 160 Å². The third-order valence-electron chi connectivity index (χ3n) is 4.70. The van der Waals surface area contributed by atoms with Crippen molar-refractivity contribution < 1.29 is 13.6 Å². The molecule has 1 aliphatic rings. The highest BCUT2D eigenvalue weighted by Crippen LogP contribution is 2.26. The molecule has 3 aromatic heterocycles. The van der Waals surface area contributed by atoms with Crippen molar-refractivity contribution in [2.45, 2.75) is 12.8 Å². The van der Waals surface area contributed by atoms with Crippen molar-refractivity contribution in [1.82, 2.24) is 24.7 Å². The van der Waals surface area contributed by atoms with Crippen LogP contribution < -0.4 is 15.5 Å². The molecule has 28 heavy (non-hydrogen) atoms. The van der Waals surface area contributed by atoms with E-state index in [0.717, 1.165) is 43.9 Å². The van der Waals surface area contributed by atoms with Crippen molar-refractivity contribution in [3.8, 4) is 0 Å². The first-order valence-corrected chi connectivity index (χ1v) is 9.10. The molecule has 0 aromatic carbocycles. The predicted molar refractivity (Wildman–Crippen MR) is 101 cm³/mol. The number of hydrogen-bond donors (Lipinski definition) is 2. The Morgan fingerprint density at radius 2 is 2.00 bits per heavy atom. The monoisotopic (exact) mass is 389 g/mol. The smallest absolute Gasteiger partial charge is 0.284 e. The lowest BCUT2D eigenvalue weighted by atomic mass is 10.3. The molecule has 1 aliphatic heterocycles. The van der Waals surface area contributed by atoms with Crippen LogP contribution in [0, 0.1) is 0 Å². The van der Waals surface area contributed by atoms with Gasteiger partial charge < -0.3 is 15.5 Å². The number of carbonyl (C=O) groups is 1. The van der Waals surface area contributed by atoms with Gasteiger partial charge in [0.05, 0.1) is 11.2 Å². The van der Waals surface area contributed by atoms with Crippen LogP contribution in [0.3, 0.4) is 0 Å². The zero-order chi connectivity index (χ0) is 19.7. The molecule has 0 aliphatic carbocycles. The number of nitrogens with zero attached hydrogens (tertiary/aromatic N) is 5. The second-order valence-corrected chi connectivity index (χ2v) is 6.69. The SMILES string of the molecule is Cn1cc(NC(=O)c2ccc3ccc(N4CCCNCC4)nn23)c(C(F)F)n1. The van der Waals surface area contributed by atoms with Crippen molar-refractivity contribution in [2.24, 2.45) is 7.05 Å². The van der Waals surface area contributed by atoms with Crippen LogP contribution in [0.2, 0.25) is 0 Å². The fourth-order valence-electron chi connectivity index (χ4n) is 3.34. The van der Waals surface area contributed by atoms with Crippen LogP contribution in [0.4, 0.5) is 20.3 Å². The number of aromatic nitrogens is 4. The van der Waals surface area contributed by atoms with E-state index in [4.69, 9.17) is 0 Å². The Morgan fingerprint density at radius 1 is 1.18 bits per heavy atom. The van der Waals surface area contributed by atoms with E-state index in [0.29, 0.717) is 0 Å². The quantitative estimate of drug-likeness (QED) is 0.714. The van der Waals surface area contributed by atoms with Gasteiger partial charge in [-0.05, 0) is 37.2 Å². The van der Waals surface area contributed by atoms with Gasteiger partial charge in [0.15, 0.2) is 5.69 Å². The molecule has 0 radical (unpaired) electrons. The second kappa shape index (κ2) is 7.55. The van der Waals surface area contributed by atoms with Crippen molar-refractivity contribution in [3.63, 3.8) is 0 Å². The molecule has 3 aromatic rings. The summed E-state index contributed by atoms with van der Waals surface area (Å²) in [5.41, 5.74) is 0.561. The number of anilines is 2. The Kier molecular flexibility index (Phi) is 4.95. The van der Waals surface area contributed by atoms with Crippen molar-refractivity contribution in [3.05, 3.63) is 41.9 Å². The van der Waals surface area contributed by atoms with E-state index in [1.54, 1.807) is 16.6 Å². The number of halogens is 2. The first-order chi connectivity index (χ1) is 13.5. The van der Waals surface area contributed by atoms with E-state index >= 15 is 0 Å². The van der Waals surface area contributed by atoms with Crippen LogP contribution in [0.15, 0.2) is 30.5 Å². The van der Waals surface area contributed by atoms with Crippen LogP contribution in [0.1, 0.15) is 29.0 Å². The Morgan fingerprint density at radius 3 is 2.82 bits per heavy atom. The molecule has 8 nitrogen and oxygen atoms in total. The first kappa shape index (κ1) is 18.4. The van der Waals surface area contributed by atoms with Gasteiger partial charge in [0.1, 0.15) is 11.5 Å². The summed E-state index contributed by atoms with van der Waals surface area (Å²) in [7, 11) is 1.53. The van der Waals surface area contributed by atoms with E-state index in [-0.39, 0.29) is 11.4 Å². The van der Waals surface area contributed by atoms with Gasteiger partial charge in [-0.2, -0.15) is 5.10 Å². The number of aryl methyl sites for hydroxylation is 1. The average molecular weight is 389 g/mol. The molecule has 10 heteroatoms. The second-order valence-electron chi connectivity index (χ2n) is 6.69. The van der Waals surface area contributed by atoms with Gasteiger partial charge in [-0.15, -0.1) is 5.10 Å². The molecular weight excluding hydrogens is 368 g/mol. The number of alkyl halides is 2. The molecule has 1 amide bonds. The molecule has 1 saturated heterocycles. The largest absolute Gasteiger partial charge is 0.354 e. The Hall–Kier alpha value is -3.01. The lowest BCUT2D eigenvalue weighted by Gasteiger charge is -2.21. The number of fused-ring (bicyclic) bond motifs is 1. The summed E-state index contributed by atoms with van der Waals surface area (Å²) in [6.07, 6.45) is -0.407. The topological polar surface area (TPSA) is 79.5 Å². The minimum atomic E-state index is -2.78. The van der Waals surface area contributed by atoms with Crippen LogP contribution in [-0.4, -0.2) is 51.5 Å². The summed E-state index contributed by atoms with van der Waals surface area (Å²) in [4.78, 5) is 14.9. The minimum Gasteiger partial charge on any atom is -0.354 e. The predicted octanol–water partition coefficient (Wildman–Crippen LogP) is 2.06. The summed E-state index contributed by atoms with van der Waals surface area (Å²) in [6, 6.07) is 7.22. The standard InChI is InChI=1S/C18H21F2N7O/c1-25-11-13(16(24-25)17(19)20)22-18(28)14-5-3-12-4-6-15(23-27(12)14)26-9-2-7-21-8-10-26/h3-6,11,17,21H,2,7-10H2,1H3,(H,22,28). The van der Waals surface area contributed by atoms with Gasteiger partial charge >= 0.3 is 0 Å². The maximum Gasteiger partial charge on any atom is 0.284 e. The molecule has 0 unspecified atom stereocenters. The first-order valence-electron chi connectivity index (χ1n) is 9.10. The summed E-state index contributed by atoms with van der Waals surface area (Å²) >= 11 is 0. The minimum absolute atomic E-state index is 0.00722. The summed E-state index contributed by atoms with van der Waals surface area (Å²) < 4.78 is 29.0. The van der Waals surface area contributed by atoms with Gasteiger partial charge in [-0.1, -0.05) is 0 Å². The molecule has 1 fully saturated rings. The van der Waals surface area contributed by atoms with Crippen LogP contribution in [0.25, 0.3) is 5.52 Å². The van der Waals surface area contributed by atoms with Gasteiger partial charge in [-0.3, -0.25) is 9.48 Å². The zero-order valence-corrected chi connectivity index (χ0v) is 15.4. The molecule has 2 N–H and O–H groups in total. The molecule has 0 bridgehead atoms. The van der Waals surface area contributed by atoms with Gasteiger partial charge in [0, 0.05) is 32.9 Å². The normalized spacial score (nSPS) is 15.2. The van der Waals surface area contributed by atoms with Crippen molar-refractivity contribution >= 4 is 22.9 Å². The Balaban J connectivity index is 1.63. The van der Waals surface area contributed by atoms with Crippen LogP contribution >= 0.6 is 0 Å². The number of carbonyl (C=O) groups excluding carboxylic acids is 1. The lowest BCUT2D eigenvalue weighted by molar-refractivity contribution is 0.101. The highest BCUT2D eigenvalue weighted by atomic mass is 19.3. The van der Waals surface area contributed by atoms with Crippen molar-refractivity contribution in [2.75, 3.05) is 36.4 Å². The third kappa shape index (κ3) is 3.55. The summed E-state index contributed by atoms with van der Waals surface area (Å²) in [5.74, 6) is 0.258. The van der Waals surface area contributed by atoms with E-state index in [1.165, 1.54) is 17.9 Å². The van der Waals surface area contributed by atoms with Crippen molar-refractivity contribution in [1.29, 1.82) is 0 Å². The lowest BCUT2D eigenvalue weighted by Crippen LogP contribution is -2.29. The van der Waals surface area contributed by atoms with E-state index in [9.17, 15) is 13.6 Å². The molecular formula is C18H21F2N7O. The highest BCUT2D eigenvalue weighted by molar-refractivity contribution is 6.04. The van der Waals surface area contributed by atoms with E-state index in [1.807, 2.05) is 12.1 Å². The summed E-state index contributed by atoms with van der Waals surface area (Å²) in [6.45, 7) is 3.54. The number of rotatable bonds is 4.